The molecule has 0 amide bonds. The van der Waals surface area contributed by atoms with E-state index in [1.165, 1.54) is 39.1 Å². The van der Waals surface area contributed by atoms with Crippen LogP contribution >= 0.6 is 0 Å². The fourth-order valence-electron chi connectivity index (χ4n) is 3.81. The summed E-state index contributed by atoms with van der Waals surface area (Å²) in [5.74, 6) is 0. The molecule has 3 heteroatoms. The largest absolute Gasteiger partial charge is 0.379 e. The lowest BCUT2D eigenvalue weighted by atomic mass is 10.1. The van der Waals surface area contributed by atoms with Crippen molar-refractivity contribution in [2.24, 2.45) is 4.99 Å². The van der Waals surface area contributed by atoms with Crippen molar-refractivity contribution < 1.29 is 0 Å². The molecule has 0 spiro atoms. The van der Waals surface area contributed by atoms with Gasteiger partial charge < -0.3 is 5.32 Å². The van der Waals surface area contributed by atoms with Crippen molar-refractivity contribution >= 4 is 17.6 Å². The summed E-state index contributed by atoms with van der Waals surface area (Å²) in [6.07, 6.45) is 1.86. The molecule has 0 saturated carbocycles. The van der Waals surface area contributed by atoms with Crippen molar-refractivity contribution in [2.75, 3.05) is 5.32 Å². The number of aliphatic imine (C=N–C) groups is 1. The molecule has 0 aliphatic rings. The fraction of sp³-hybridized carbons (Fsp3) is 0.280. The molecule has 1 heterocycles. The van der Waals surface area contributed by atoms with Gasteiger partial charge in [0.15, 0.2) is 0 Å². The monoisotopic (exact) mass is 371 g/mol. The summed E-state index contributed by atoms with van der Waals surface area (Å²) in [6.45, 7) is 13.4. The Morgan fingerprint density at radius 2 is 1.39 bits per heavy atom. The van der Waals surface area contributed by atoms with E-state index >= 15 is 0 Å². The lowest BCUT2D eigenvalue weighted by Gasteiger charge is -2.13. The Kier molecular flexibility index (Phi) is 5.93. The predicted molar refractivity (Wildman–Crippen MR) is 120 cm³/mol. The summed E-state index contributed by atoms with van der Waals surface area (Å²) in [5.41, 5.74) is 11.6. The SMILES string of the molecule is Cc1cc(C)c(N=Cc2cccc(CNc3c(C)cc(C)cc3C)n2)c(C)c1. The first-order valence-electron chi connectivity index (χ1n) is 9.73. The summed E-state index contributed by atoms with van der Waals surface area (Å²) in [4.78, 5) is 9.45. The van der Waals surface area contributed by atoms with Crippen LogP contribution in [0.1, 0.15) is 44.8 Å². The van der Waals surface area contributed by atoms with E-state index in [-0.39, 0.29) is 0 Å². The molecule has 0 fully saturated rings. The molecule has 0 aliphatic heterocycles. The maximum atomic E-state index is 4.74. The van der Waals surface area contributed by atoms with Gasteiger partial charge in [-0.1, -0.05) is 41.5 Å². The molecule has 0 aliphatic carbocycles. The van der Waals surface area contributed by atoms with Gasteiger partial charge in [-0.15, -0.1) is 0 Å². The van der Waals surface area contributed by atoms with E-state index < -0.39 is 0 Å². The molecule has 28 heavy (non-hydrogen) atoms. The molecular weight excluding hydrogens is 342 g/mol. The van der Waals surface area contributed by atoms with Crippen LogP contribution in [0.15, 0.2) is 47.5 Å². The zero-order valence-corrected chi connectivity index (χ0v) is 17.7. The number of pyridine rings is 1. The van der Waals surface area contributed by atoms with E-state index in [1.807, 2.05) is 24.4 Å². The van der Waals surface area contributed by atoms with Crippen molar-refractivity contribution in [3.05, 3.63) is 87.2 Å². The second-order valence-corrected chi connectivity index (χ2v) is 7.69. The summed E-state index contributed by atoms with van der Waals surface area (Å²) in [7, 11) is 0. The van der Waals surface area contributed by atoms with Crippen LogP contribution in [0.5, 0.6) is 0 Å². The number of hydrogen-bond acceptors (Lipinski definition) is 3. The summed E-state index contributed by atoms with van der Waals surface area (Å²) < 4.78 is 0. The summed E-state index contributed by atoms with van der Waals surface area (Å²) in [5, 5.41) is 3.54. The van der Waals surface area contributed by atoms with E-state index in [4.69, 9.17) is 9.98 Å². The molecule has 0 unspecified atom stereocenters. The second kappa shape index (κ2) is 8.39. The number of benzene rings is 2. The Morgan fingerprint density at radius 1 is 0.821 bits per heavy atom. The highest BCUT2D eigenvalue weighted by Gasteiger charge is 2.05. The molecule has 0 atom stereocenters. The van der Waals surface area contributed by atoms with Crippen LogP contribution in [0.25, 0.3) is 0 Å². The highest BCUT2D eigenvalue weighted by atomic mass is 14.9. The molecule has 0 radical (unpaired) electrons. The van der Waals surface area contributed by atoms with Crippen molar-refractivity contribution in [3.63, 3.8) is 0 Å². The highest BCUT2D eigenvalue weighted by Crippen LogP contribution is 2.25. The first-order chi connectivity index (χ1) is 13.3. The molecule has 1 N–H and O–H groups in total. The van der Waals surface area contributed by atoms with Crippen LogP contribution in [-0.4, -0.2) is 11.2 Å². The molecule has 3 rings (SSSR count). The Balaban J connectivity index is 1.76. The number of anilines is 1. The molecule has 3 nitrogen and oxygen atoms in total. The summed E-state index contributed by atoms with van der Waals surface area (Å²) >= 11 is 0. The van der Waals surface area contributed by atoms with Gasteiger partial charge in [0.1, 0.15) is 0 Å². The topological polar surface area (TPSA) is 37.3 Å². The maximum Gasteiger partial charge on any atom is 0.0816 e. The third-order valence-electron chi connectivity index (χ3n) is 4.91. The van der Waals surface area contributed by atoms with Gasteiger partial charge >= 0.3 is 0 Å². The Labute approximate surface area is 168 Å². The van der Waals surface area contributed by atoms with Crippen molar-refractivity contribution in [2.45, 2.75) is 48.1 Å². The van der Waals surface area contributed by atoms with E-state index in [1.54, 1.807) is 0 Å². The van der Waals surface area contributed by atoms with Crippen LogP contribution < -0.4 is 5.32 Å². The van der Waals surface area contributed by atoms with Crippen molar-refractivity contribution in [1.29, 1.82) is 0 Å². The van der Waals surface area contributed by atoms with Gasteiger partial charge in [-0.05, 0) is 75.9 Å². The first-order valence-corrected chi connectivity index (χ1v) is 9.73. The standard InChI is InChI=1S/C25H29N3/c1-16-10-18(3)24(19(4)11-16)26-14-22-8-7-9-23(28-22)15-27-25-20(5)12-17(2)13-21(25)6/h7-14,27H,15H2,1-6H3. The number of rotatable bonds is 5. The van der Waals surface area contributed by atoms with Crippen LogP contribution in [-0.2, 0) is 6.54 Å². The first kappa shape index (κ1) is 19.8. The molecule has 3 aromatic rings. The third kappa shape index (κ3) is 4.66. The Morgan fingerprint density at radius 3 is 2.00 bits per heavy atom. The Hall–Kier alpha value is -2.94. The van der Waals surface area contributed by atoms with Gasteiger partial charge in [-0.3, -0.25) is 4.99 Å². The van der Waals surface area contributed by atoms with Gasteiger partial charge in [-0.2, -0.15) is 0 Å². The highest BCUT2D eigenvalue weighted by molar-refractivity contribution is 5.80. The molecule has 0 saturated heterocycles. The predicted octanol–water partition coefficient (Wildman–Crippen LogP) is 6.29. The van der Waals surface area contributed by atoms with Crippen LogP contribution in [0.4, 0.5) is 11.4 Å². The quantitative estimate of drug-likeness (QED) is 0.535. The lowest BCUT2D eigenvalue weighted by molar-refractivity contribution is 1.03. The fourth-order valence-corrected chi connectivity index (χ4v) is 3.81. The minimum absolute atomic E-state index is 0.689. The molecule has 2 aromatic carbocycles. The van der Waals surface area contributed by atoms with E-state index in [2.05, 4.69) is 71.1 Å². The van der Waals surface area contributed by atoms with Gasteiger partial charge in [-0.25, -0.2) is 4.98 Å². The summed E-state index contributed by atoms with van der Waals surface area (Å²) in [6, 6.07) is 14.8. The number of nitrogens with zero attached hydrogens (tertiary/aromatic N) is 2. The minimum Gasteiger partial charge on any atom is -0.379 e. The lowest BCUT2D eigenvalue weighted by Crippen LogP contribution is -2.06. The second-order valence-electron chi connectivity index (χ2n) is 7.69. The zero-order valence-electron chi connectivity index (χ0n) is 17.7. The van der Waals surface area contributed by atoms with E-state index in [9.17, 15) is 0 Å². The van der Waals surface area contributed by atoms with Crippen molar-refractivity contribution in [3.8, 4) is 0 Å². The van der Waals surface area contributed by atoms with E-state index in [0.717, 1.165) is 17.1 Å². The van der Waals surface area contributed by atoms with Crippen LogP contribution in [0, 0.1) is 41.5 Å². The number of hydrogen-bond donors (Lipinski definition) is 1. The van der Waals surface area contributed by atoms with Crippen LogP contribution in [0.3, 0.4) is 0 Å². The Bertz CT molecular complexity index is 986. The van der Waals surface area contributed by atoms with Crippen LogP contribution in [0.2, 0.25) is 0 Å². The average molecular weight is 372 g/mol. The molecule has 0 bridgehead atoms. The number of aromatic nitrogens is 1. The smallest absolute Gasteiger partial charge is 0.0816 e. The zero-order chi connectivity index (χ0) is 20.3. The van der Waals surface area contributed by atoms with Crippen molar-refractivity contribution in [1.82, 2.24) is 4.98 Å². The molecule has 1 aromatic heterocycles. The number of aryl methyl sites for hydroxylation is 6. The third-order valence-corrected chi connectivity index (χ3v) is 4.91. The van der Waals surface area contributed by atoms with E-state index in [0.29, 0.717) is 6.54 Å². The minimum atomic E-state index is 0.689. The van der Waals surface area contributed by atoms with Gasteiger partial charge in [0, 0.05) is 5.69 Å². The molecular formula is C25H29N3. The normalized spacial score (nSPS) is 11.2. The molecule has 144 valence electrons. The number of nitrogens with one attached hydrogen (secondary N) is 1. The average Bonchev–Trinajstić information content (AvgIpc) is 2.60. The van der Waals surface area contributed by atoms with Gasteiger partial charge in [0.25, 0.3) is 0 Å². The maximum absolute atomic E-state index is 4.74. The van der Waals surface area contributed by atoms with Gasteiger partial charge in [0.05, 0.1) is 29.8 Å². The van der Waals surface area contributed by atoms with Gasteiger partial charge in [0.2, 0.25) is 0 Å².